The van der Waals surface area contributed by atoms with E-state index in [0.717, 1.165) is 0 Å². The molecule has 0 spiro atoms. The lowest BCUT2D eigenvalue weighted by molar-refractivity contribution is -0.131. The Kier molecular flexibility index (Phi) is 5.35. The van der Waals surface area contributed by atoms with Gasteiger partial charge in [0.15, 0.2) is 0 Å². The van der Waals surface area contributed by atoms with Crippen LogP contribution >= 0.6 is 0 Å². The Hall–Kier alpha value is -0.860. The van der Waals surface area contributed by atoms with Crippen LogP contribution < -0.4 is 5.32 Å². The van der Waals surface area contributed by atoms with Crippen molar-refractivity contribution in [1.29, 1.82) is 0 Å². The van der Waals surface area contributed by atoms with E-state index < -0.39 is 0 Å². The zero-order chi connectivity index (χ0) is 10.4. The SMILES string of the molecule is CC(C)CC(=O)[N]C(=O)CC(C)C. The number of rotatable bonds is 4. The highest BCUT2D eigenvalue weighted by Gasteiger charge is 2.12. The Labute approximate surface area is 79.9 Å². The average Bonchev–Trinajstić information content (AvgIpc) is 1.80. The standard InChI is InChI=1S/C10H18NO2/c1-7(2)5-9(12)11-10(13)6-8(3)4/h7-8H,5-6H2,1-4H3. The van der Waals surface area contributed by atoms with Crippen molar-refractivity contribution in [2.75, 3.05) is 0 Å². The maximum Gasteiger partial charge on any atom is 0.249 e. The van der Waals surface area contributed by atoms with Gasteiger partial charge in [0.2, 0.25) is 11.8 Å². The Morgan fingerprint density at radius 1 is 0.923 bits per heavy atom. The molecule has 2 amide bonds. The Morgan fingerprint density at radius 2 is 1.23 bits per heavy atom. The predicted octanol–water partition coefficient (Wildman–Crippen LogP) is 1.74. The Bertz CT molecular complexity index is 165. The predicted molar refractivity (Wildman–Crippen MR) is 51.1 cm³/mol. The number of hydrogen-bond acceptors (Lipinski definition) is 2. The normalized spacial score (nSPS) is 10.6. The Morgan fingerprint density at radius 3 is 1.46 bits per heavy atom. The molecular weight excluding hydrogens is 166 g/mol. The van der Waals surface area contributed by atoms with E-state index in [1.165, 1.54) is 0 Å². The van der Waals surface area contributed by atoms with Gasteiger partial charge in [-0.2, -0.15) is 5.32 Å². The highest BCUT2D eigenvalue weighted by molar-refractivity contribution is 5.94. The second kappa shape index (κ2) is 5.73. The van der Waals surface area contributed by atoms with E-state index in [-0.39, 0.29) is 23.7 Å². The van der Waals surface area contributed by atoms with Crippen LogP contribution in [0.3, 0.4) is 0 Å². The van der Waals surface area contributed by atoms with Crippen LogP contribution in [0.5, 0.6) is 0 Å². The van der Waals surface area contributed by atoms with Gasteiger partial charge in [0.05, 0.1) is 0 Å². The number of carbonyl (C=O) groups is 2. The fraction of sp³-hybridized carbons (Fsp3) is 0.800. The second-order valence-electron chi connectivity index (χ2n) is 4.10. The molecule has 0 aromatic rings. The lowest BCUT2D eigenvalue weighted by atomic mass is 10.1. The molecule has 0 N–H and O–H groups in total. The van der Waals surface area contributed by atoms with Crippen LogP contribution in [0.1, 0.15) is 40.5 Å². The molecule has 1 radical (unpaired) electrons. The maximum atomic E-state index is 11.1. The summed E-state index contributed by atoms with van der Waals surface area (Å²) in [5.74, 6) is -0.0486. The van der Waals surface area contributed by atoms with Gasteiger partial charge in [-0.3, -0.25) is 9.59 Å². The highest BCUT2D eigenvalue weighted by atomic mass is 16.2. The van der Waals surface area contributed by atoms with Gasteiger partial charge in [-0.1, -0.05) is 27.7 Å². The van der Waals surface area contributed by atoms with Gasteiger partial charge in [0.1, 0.15) is 0 Å². The zero-order valence-corrected chi connectivity index (χ0v) is 8.83. The number of hydrogen-bond donors (Lipinski definition) is 0. The van der Waals surface area contributed by atoms with Gasteiger partial charge in [-0.25, -0.2) is 0 Å². The van der Waals surface area contributed by atoms with Crippen molar-refractivity contribution in [2.24, 2.45) is 11.8 Å². The van der Waals surface area contributed by atoms with Gasteiger partial charge >= 0.3 is 0 Å². The molecule has 0 fully saturated rings. The quantitative estimate of drug-likeness (QED) is 0.668. The Balaban J connectivity index is 3.72. The summed E-state index contributed by atoms with van der Waals surface area (Å²) < 4.78 is 0. The summed E-state index contributed by atoms with van der Waals surface area (Å²) in [5.41, 5.74) is 0. The van der Waals surface area contributed by atoms with Gasteiger partial charge in [-0.15, -0.1) is 0 Å². The molecular formula is C10H18NO2. The molecule has 0 aromatic carbocycles. The van der Waals surface area contributed by atoms with E-state index >= 15 is 0 Å². The number of amides is 2. The van der Waals surface area contributed by atoms with E-state index in [1.54, 1.807) is 0 Å². The maximum absolute atomic E-state index is 11.1. The summed E-state index contributed by atoms with van der Waals surface area (Å²) in [5, 5.41) is 3.48. The van der Waals surface area contributed by atoms with Crippen LogP contribution in [0.2, 0.25) is 0 Å². The monoisotopic (exact) mass is 184 g/mol. The molecule has 0 aliphatic carbocycles. The molecule has 75 valence electrons. The fourth-order valence-electron chi connectivity index (χ4n) is 0.929. The molecule has 0 unspecified atom stereocenters. The topological polar surface area (TPSA) is 48.2 Å². The third-order valence-electron chi connectivity index (χ3n) is 1.42. The van der Waals surface area contributed by atoms with Crippen LogP contribution in [0, 0.1) is 11.8 Å². The molecule has 3 heteroatoms. The molecule has 13 heavy (non-hydrogen) atoms. The first-order valence-electron chi connectivity index (χ1n) is 4.69. The van der Waals surface area contributed by atoms with E-state index in [2.05, 4.69) is 5.32 Å². The van der Waals surface area contributed by atoms with Crippen LogP contribution in [0.4, 0.5) is 0 Å². The van der Waals surface area contributed by atoms with E-state index in [1.807, 2.05) is 27.7 Å². The molecule has 0 atom stereocenters. The minimum absolute atomic E-state index is 0.267. The first kappa shape index (κ1) is 12.1. The number of nitrogens with zero attached hydrogens (tertiary/aromatic N) is 1. The first-order valence-corrected chi connectivity index (χ1v) is 4.69. The lowest BCUT2D eigenvalue weighted by Gasteiger charge is -2.04. The molecule has 0 aliphatic rings. The van der Waals surface area contributed by atoms with Crippen molar-refractivity contribution < 1.29 is 9.59 Å². The molecule has 3 nitrogen and oxygen atoms in total. The second-order valence-corrected chi connectivity index (χ2v) is 4.10. The highest BCUT2D eigenvalue weighted by Crippen LogP contribution is 2.02. The first-order chi connectivity index (χ1) is 5.91. The van der Waals surface area contributed by atoms with Crippen molar-refractivity contribution in [3.63, 3.8) is 0 Å². The minimum atomic E-state index is -0.291. The molecule has 0 rings (SSSR count). The summed E-state index contributed by atoms with van der Waals surface area (Å²) in [7, 11) is 0. The average molecular weight is 184 g/mol. The zero-order valence-electron chi connectivity index (χ0n) is 8.83. The molecule has 0 heterocycles. The van der Waals surface area contributed by atoms with Gasteiger partial charge in [-0.05, 0) is 11.8 Å². The molecule has 0 aliphatic heterocycles. The number of carbonyl (C=O) groups excluding carboxylic acids is 2. The number of imide groups is 1. The third-order valence-corrected chi connectivity index (χ3v) is 1.42. The van der Waals surface area contributed by atoms with Gasteiger partial charge in [0.25, 0.3) is 0 Å². The lowest BCUT2D eigenvalue weighted by Crippen LogP contribution is -2.24. The largest absolute Gasteiger partial charge is 0.272 e. The fourth-order valence-corrected chi connectivity index (χ4v) is 0.929. The van der Waals surface area contributed by atoms with Crippen LogP contribution in [-0.4, -0.2) is 11.8 Å². The van der Waals surface area contributed by atoms with Crippen molar-refractivity contribution in [1.82, 2.24) is 5.32 Å². The molecule has 0 bridgehead atoms. The van der Waals surface area contributed by atoms with E-state index in [4.69, 9.17) is 0 Å². The molecule has 0 aromatic heterocycles. The smallest absolute Gasteiger partial charge is 0.249 e. The van der Waals surface area contributed by atoms with E-state index in [9.17, 15) is 9.59 Å². The molecule has 0 saturated heterocycles. The van der Waals surface area contributed by atoms with Crippen LogP contribution in [0.25, 0.3) is 0 Å². The minimum Gasteiger partial charge on any atom is -0.272 e. The van der Waals surface area contributed by atoms with Crippen LogP contribution in [-0.2, 0) is 9.59 Å². The van der Waals surface area contributed by atoms with Gasteiger partial charge < -0.3 is 0 Å². The summed E-state index contributed by atoms with van der Waals surface area (Å²) in [6.45, 7) is 7.72. The van der Waals surface area contributed by atoms with Crippen molar-refractivity contribution in [2.45, 2.75) is 40.5 Å². The van der Waals surface area contributed by atoms with Crippen LogP contribution in [0.15, 0.2) is 0 Å². The van der Waals surface area contributed by atoms with E-state index in [0.29, 0.717) is 12.8 Å². The summed E-state index contributed by atoms with van der Waals surface area (Å²) in [6.07, 6.45) is 0.730. The molecule has 0 saturated carbocycles. The summed E-state index contributed by atoms with van der Waals surface area (Å²) in [6, 6.07) is 0. The van der Waals surface area contributed by atoms with Crippen molar-refractivity contribution in [3.05, 3.63) is 0 Å². The summed E-state index contributed by atoms with van der Waals surface area (Å²) in [4.78, 5) is 22.1. The van der Waals surface area contributed by atoms with Crippen molar-refractivity contribution in [3.8, 4) is 0 Å². The summed E-state index contributed by atoms with van der Waals surface area (Å²) >= 11 is 0. The third kappa shape index (κ3) is 7.50. The van der Waals surface area contributed by atoms with Crippen molar-refractivity contribution >= 4 is 11.8 Å². The van der Waals surface area contributed by atoms with Gasteiger partial charge in [0, 0.05) is 12.8 Å².